The second kappa shape index (κ2) is 6.56. The van der Waals surface area contributed by atoms with Gasteiger partial charge in [-0.05, 0) is 42.0 Å². The average molecular weight is 376 g/mol. The van der Waals surface area contributed by atoms with Crippen molar-refractivity contribution in [2.45, 2.75) is 19.2 Å². The van der Waals surface area contributed by atoms with Crippen LogP contribution in [0.1, 0.15) is 6.92 Å². The highest BCUT2D eigenvalue weighted by Gasteiger charge is 2.29. The monoisotopic (exact) mass is 375 g/mol. The summed E-state index contributed by atoms with van der Waals surface area (Å²) in [5.74, 6) is -0.391. The molecule has 118 valence electrons. The number of hydrogen-bond donors (Lipinski definition) is 1. The molecule has 0 bridgehead atoms. The first-order valence-corrected chi connectivity index (χ1v) is 7.24. The minimum atomic E-state index is -4.44. The maximum Gasteiger partial charge on any atom is 0.405 e. The molecule has 7 heteroatoms. The van der Waals surface area contributed by atoms with Gasteiger partial charge < -0.3 is 10.1 Å². The second-order valence-corrected chi connectivity index (χ2v) is 5.66. The highest BCUT2D eigenvalue weighted by Crippen LogP contribution is 2.24. The number of nitrogens with one attached hydrogen (secondary N) is 1. The van der Waals surface area contributed by atoms with Crippen molar-refractivity contribution in [3.63, 3.8) is 0 Å². The van der Waals surface area contributed by atoms with Gasteiger partial charge in [-0.3, -0.25) is 4.79 Å². The van der Waals surface area contributed by atoms with Crippen molar-refractivity contribution in [3.05, 3.63) is 40.9 Å². The van der Waals surface area contributed by atoms with Crippen LogP contribution < -0.4 is 10.1 Å². The Labute approximate surface area is 133 Å². The molecule has 2 rings (SSSR count). The van der Waals surface area contributed by atoms with Gasteiger partial charge in [0.25, 0.3) is 5.91 Å². The molecule has 0 saturated carbocycles. The topological polar surface area (TPSA) is 38.3 Å². The molecule has 0 spiro atoms. The molecule has 0 heterocycles. The van der Waals surface area contributed by atoms with E-state index >= 15 is 0 Å². The van der Waals surface area contributed by atoms with Gasteiger partial charge in [0, 0.05) is 4.47 Å². The van der Waals surface area contributed by atoms with Crippen LogP contribution in [-0.2, 0) is 4.79 Å². The van der Waals surface area contributed by atoms with E-state index in [2.05, 4.69) is 15.9 Å². The van der Waals surface area contributed by atoms with Gasteiger partial charge in [0.1, 0.15) is 12.3 Å². The standard InChI is InChI=1S/C15H13BrF3NO2/c1-9(14(21)20-8-15(17,18)19)22-13-5-3-10-6-12(16)4-2-11(10)7-13/h2-7,9H,8H2,1H3,(H,20,21). The van der Waals surface area contributed by atoms with Crippen molar-refractivity contribution in [2.24, 2.45) is 0 Å². The molecule has 1 amide bonds. The third-order valence-electron chi connectivity index (χ3n) is 2.92. The predicted molar refractivity (Wildman–Crippen MR) is 80.8 cm³/mol. The average Bonchev–Trinajstić information content (AvgIpc) is 2.44. The molecular formula is C15H13BrF3NO2. The number of benzene rings is 2. The number of ether oxygens (including phenoxy) is 1. The van der Waals surface area contributed by atoms with E-state index in [-0.39, 0.29) is 0 Å². The Morgan fingerprint density at radius 2 is 1.86 bits per heavy atom. The van der Waals surface area contributed by atoms with Crippen molar-refractivity contribution in [3.8, 4) is 5.75 Å². The van der Waals surface area contributed by atoms with Crippen LogP contribution in [0.5, 0.6) is 5.75 Å². The Hall–Kier alpha value is -1.76. The third-order valence-corrected chi connectivity index (χ3v) is 3.41. The summed E-state index contributed by atoms with van der Waals surface area (Å²) in [5, 5.41) is 3.68. The number of rotatable bonds is 4. The van der Waals surface area contributed by atoms with E-state index in [0.29, 0.717) is 5.75 Å². The number of amides is 1. The van der Waals surface area contributed by atoms with Crippen LogP contribution in [0.4, 0.5) is 13.2 Å². The van der Waals surface area contributed by atoms with Gasteiger partial charge in [0.2, 0.25) is 0 Å². The fourth-order valence-electron chi connectivity index (χ4n) is 1.86. The molecule has 0 radical (unpaired) electrons. The van der Waals surface area contributed by atoms with Crippen LogP contribution in [-0.4, -0.2) is 24.7 Å². The fourth-order valence-corrected chi connectivity index (χ4v) is 2.24. The van der Waals surface area contributed by atoms with E-state index in [4.69, 9.17) is 4.74 Å². The molecule has 1 N–H and O–H groups in total. The highest BCUT2D eigenvalue weighted by atomic mass is 79.9. The lowest BCUT2D eigenvalue weighted by atomic mass is 10.1. The van der Waals surface area contributed by atoms with Crippen molar-refractivity contribution in [2.75, 3.05) is 6.54 Å². The van der Waals surface area contributed by atoms with Gasteiger partial charge in [-0.2, -0.15) is 13.2 Å². The summed E-state index contributed by atoms with van der Waals surface area (Å²) in [6.45, 7) is 0.0305. The first-order valence-electron chi connectivity index (χ1n) is 6.45. The molecule has 0 aliphatic carbocycles. The molecule has 1 atom stereocenters. The summed E-state index contributed by atoms with van der Waals surface area (Å²) >= 11 is 3.37. The third kappa shape index (κ3) is 4.62. The number of halogens is 4. The van der Waals surface area contributed by atoms with Crippen molar-refractivity contribution < 1.29 is 22.7 Å². The minimum Gasteiger partial charge on any atom is -0.481 e. The summed E-state index contributed by atoms with van der Waals surface area (Å²) in [4.78, 5) is 11.6. The van der Waals surface area contributed by atoms with Gasteiger partial charge in [0.05, 0.1) is 0 Å². The summed E-state index contributed by atoms with van der Waals surface area (Å²) < 4.78 is 42.5. The van der Waals surface area contributed by atoms with E-state index in [9.17, 15) is 18.0 Å². The lowest BCUT2D eigenvalue weighted by Gasteiger charge is -2.16. The van der Waals surface area contributed by atoms with Crippen molar-refractivity contribution in [1.29, 1.82) is 0 Å². The van der Waals surface area contributed by atoms with E-state index in [0.717, 1.165) is 15.2 Å². The molecule has 0 aliphatic heterocycles. The first kappa shape index (κ1) is 16.6. The van der Waals surface area contributed by atoms with Crippen LogP contribution >= 0.6 is 15.9 Å². The lowest BCUT2D eigenvalue weighted by molar-refractivity contribution is -0.142. The van der Waals surface area contributed by atoms with Crippen molar-refractivity contribution in [1.82, 2.24) is 5.32 Å². The number of fused-ring (bicyclic) bond motifs is 1. The summed E-state index contributed by atoms with van der Waals surface area (Å²) in [5.41, 5.74) is 0. The van der Waals surface area contributed by atoms with Crippen LogP contribution in [0, 0.1) is 0 Å². The highest BCUT2D eigenvalue weighted by molar-refractivity contribution is 9.10. The Morgan fingerprint density at radius 3 is 2.55 bits per heavy atom. The molecule has 0 aromatic heterocycles. The smallest absolute Gasteiger partial charge is 0.405 e. The normalized spacial score (nSPS) is 13.0. The Balaban J connectivity index is 2.03. The van der Waals surface area contributed by atoms with E-state index in [1.165, 1.54) is 6.92 Å². The van der Waals surface area contributed by atoms with Gasteiger partial charge in [-0.25, -0.2) is 0 Å². The number of hydrogen-bond acceptors (Lipinski definition) is 2. The van der Waals surface area contributed by atoms with E-state index < -0.39 is 24.7 Å². The van der Waals surface area contributed by atoms with Gasteiger partial charge >= 0.3 is 6.18 Å². The fraction of sp³-hybridized carbons (Fsp3) is 0.267. The van der Waals surface area contributed by atoms with Crippen LogP contribution in [0.2, 0.25) is 0 Å². The van der Waals surface area contributed by atoms with Gasteiger partial charge in [0.15, 0.2) is 6.10 Å². The Kier molecular flexibility index (Phi) is 4.95. The molecule has 2 aromatic rings. The zero-order chi connectivity index (χ0) is 16.3. The molecule has 0 aliphatic rings. The molecule has 1 unspecified atom stereocenters. The number of carbonyl (C=O) groups excluding carboxylic acids is 1. The van der Waals surface area contributed by atoms with Gasteiger partial charge in [-0.1, -0.05) is 28.1 Å². The molecule has 2 aromatic carbocycles. The summed E-state index contributed by atoms with van der Waals surface area (Å²) in [6.07, 6.45) is -5.46. The number of alkyl halides is 3. The quantitative estimate of drug-likeness (QED) is 0.875. The SMILES string of the molecule is CC(Oc1ccc2cc(Br)ccc2c1)C(=O)NCC(F)(F)F. The molecule has 0 saturated heterocycles. The van der Waals surface area contributed by atoms with E-state index in [1.807, 2.05) is 24.3 Å². The van der Waals surface area contributed by atoms with E-state index in [1.54, 1.807) is 17.4 Å². The molecule has 0 fully saturated rings. The molecular weight excluding hydrogens is 363 g/mol. The predicted octanol–water partition coefficient (Wildman–Crippen LogP) is 4.05. The summed E-state index contributed by atoms with van der Waals surface area (Å²) in [6, 6.07) is 10.9. The first-order chi connectivity index (χ1) is 10.2. The lowest BCUT2D eigenvalue weighted by Crippen LogP contribution is -2.41. The molecule has 3 nitrogen and oxygen atoms in total. The zero-order valence-electron chi connectivity index (χ0n) is 11.6. The van der Waals surface area contributed by atoms with Crippen molar-refractivity contribution >= 4 is 32.6 Å². The van der Waals surface area contributed by atoms with Gasteiger partial charge in [-0.15, -0.1) is 0 Å². The maximum absolute atomic E-state index is 12.1. The Morgan fingerprint density at radius 1 is 1.23 bits per heavy atom. The minimum absolute atomic E-state index is 0.421. The van der Waals surface area contributed by atoms with Crippen LogP contribution in [0.15, 0.2) is 40.9 Å². The van der Waals surface area contributed by atoms with Crippen LogP contribution in [0.25, 0.3) is 10.8 Å². The number of carbonyl (C=O) groups is 1. The summed E-state index contributed by atoms with van der Waals surface area (Å²) in [7, 11) is 0. The second-order valence-electron chi connectivity index (χ2n) is 4.75. The maximum atomic E-state index is 12.1. The van der Waals surface area contributed by atoms with Crippen LogP contribution in [0.3, 0.4) is 0 Å². The zero-order valence-corrected chi connectivity index (χ0v) is 13.2. The Bertz CT molecular complexity index is 688. The molecule has 22 heavy (non-hydrogen) atoms. The largest absolute Gasteiger partial charge is 0.481 e.